The number of fused-ring (bicyclic) bond motifs is 1. The summed E-state index contributed by atoms with van der Waals surface area (Å²) >= 11 is 6.07. The molecule has 0 bridgehead atoms. The number of rotatable bonds is 5. The van der Waals surface area contributed by atoms with E-state index in [1.54, 1.807) is 67.6 Å². The second kappa shape index (κ2) is 8.64. The zero-order chi connectivity index (χ0) is 22.9. The van der Waals surface area contributed by atoms with Crippen LogP contribution in [0.1, 0.15) is 5.56 Å². The third-order valence-corrected chi connectivity index (χ3v) is 7.12. The van der Waals surface area contributed by atoms with Crippen LogP contribution in [0.5, 0.6) is 0 Å². The number of amides is 2. The van der Waals surface area contributed by atoms with Crippen LogP contribution < -0.4 is 14.5 Å². The second-order valence-electron chi connectivity index (χ2n) is 7.30. The summed E-state index contributed by atoms with van der Waals surface area (Å²) in [7, 11) is -4.07. The summed E-state index contributed by atoms with van der Waals surface area (Å²) in [4.78, 5) is 26.9. The number of nitrogens with zero attached hydrogens (tertiary/aromatic N) is 2. The lowest BCUT2D eigenvalue weighted by Gasteiger charge is -2.32. The van der Waals surface area contributed by atoms with E-state index < -0.39 is 22.5 Å². The van der Waals surface area contributed by atoms with Gasteiger partial charge in [-0.2, -0.15) is 0 Å². The van der Waals surface area contributed by atoms with Gasteiger partial charge in [-0.05, 0) is 55.0 Å². The zero-order valence-corrected chi connectivity index (χ0v) is 18.7. The van der Waals surface area contributed by atoms with Gasteiger partial charge in [-0.15, -0.1) is 0 Å². The number of hydrogen-bond acceptors (Lipinski definition) is 4. The molecule has 0 unspecified atom stereocenters. The maximum absolute atomic E-state index is 13.5. The SMILES string of the molecule is Cc1cc(Cl)ccc1N(CC(=O)N1CC(=O)Nc2ccccc21)S(=O)(=O)c1ccccc1. The molecule has 0 aromatic heterocycles. The fourth-order valence-corrected chi connectivity index (χ4v) is 5.31. The Morgan fingerprint density at radius 1 is 1.06 bits per heavy atom. The molecule has 2 amide bonds. The quantitative estimate of drug-likeness (QED) is 0.615. The molecule has 32 heavy (non-hydrogen) atoms. The molecule has 7 nitrogen and oxygen atoms in total. The molecular weight excluding hydrogens is 450 g/mol. The first-order valence-corrected chi connectivity index (χ1v) is 11.6. The van der Waals surface area contributed by atoms with Gasteiger partial charge in [-0.25, -0.2) is 8.42 Å². The standard InChI is InChI=1S/C23H20ClN3O4S/c1-16-13-17(24)11-12-20(16)27(32(30,31)18-7-3-2-4-8-18)15-23(29)26-14-22(28)25-19-9-5-6-10-21(19)26/h2-13H,14-15H2,1H3,(H,25,28). The topological polar surface area (TPSA) is 86.8 Å². The summed E-state index contributed by atoms with van der Waals surface area (Å²) in [6, 6.07) is 19.6. The second-order valence-corrected chi connectivity index (χ2v) is 9.60. The van der Waals surface area contributed by atoms with Gasteiger partial charge in [-0.3, -0.25) is 18.8 Å². The molecular formula is C23H20ClN3O4S. The highest BCUT2D eigenvalue weighted by Crippen LogP contribution is 2.32. The van der Waals surface area contributed by atoms with E-state index in [9.17, 15) is 18.0 Å². The van der Waals surface area contributed by atoms with Crippen molar-refractivity contribution in [3.8, 4) is 0 Å². The number of carbonyl (C=O) groups is 2. The monoisotopic (exact) mass is 469 g/mol. The van der Waals surface area contributed by atoms with Gasteiger partial charge < -0.3 is 5.32 Å². The maximum Gasteiger partial charge on any atom is 0.264 e. The number of hydrogen-bond donors (Lipinski definition) is 1. The van der Waals surface area contributed by atoms with Crippen LogP contribution in [0.2, 0.25) is 5.02 Å². The predicted molar refractivity (Wildman–Crippen MR) is 125 cm³/mol. The molecule has 3 aromatic carbocycles. The highest BCUT2D eigenvalue weighted by Gasteiger charge is 2.33. The molecule has 4 rings (SSSR count). The average Bonchev–Trinajstić information content (AvgIpc) is 2.77. The number of aryl methyl sites for hydroxylation is 1. The van der Waals surface area contributed by atoms with Crippen molar-refractivity contribution in [2.45, 2.75) is 11.8 Å². The Hall–Kier alpha value is -3.36. The van der Waals surface area contributed by atoms with Crippen LogP contribution in [-0.4, -0.2) is 33.3 Å². The van der Waals surface area contributed by atoms with E-state index in [0.717, 1.165) is 4.31 Å². The Kier molecular flexibility index (Phi) is 5.90. The minimum atomic E-state index is -4.07. The largest absolute Gasteiger partial charge is 0.323 e. The molecule has 164 valence electrons. The van der Waals surface area contributed by atoms with Crippen molar-refractivity contribution in [3.63, 3.8) is 0 Å². The molecule has 0 saturated heterocycles. The van der Waals surface area contributed by atoms with Crippen molar-refractivity contribution in [1.29, 1.82) is 0 Å². The van der Waals surface area contributed by atoms with Gasteiger partial charge in [0.15, 0.2) is 0 Å². The highest BCUT2D eigenvalue weighted by molar-refractivity contribution is 7.92. The molecule has 0 saturated carbocycles. The number of nitrogens with one attached hydrogen (secondary N) is 1. The fourth-order valence-electron chi connectivity index (χ4n) is 3.58. The molecule has 9 heteroatoms. The van der Waals surface area contributed by atoms with Gasteiger partial charge in [0.2, 0.25) is 11.8 Å². The molecule has 0 spiro atoms. The number of carbonyl (C=O) groups excluding carboxylic acids is 2. The van der Waals surface area contributed by atoms with E-state index in [2.05, 4.69) is 5.32 Å². The van der Waals surface area contributed by atoms with Gasteiger partial charge in [0.05, 0.1) is 22.0 Å². The Morgan fingerprint density at radius 2 is 1.75 bits per heavy atom. The van der Waals surface area contributed by atoms with Gasteiger partial charge in [0.1, 0.15) is 13.1 Å². The van der Waals surface area contributed by atoms with Crippen molar-refractivity contribution in [3.05, 3.63) is 83.4 Å². The number of halogens is 1. The summed E-state index contributed by atoms with van der Waals surface area (Å²) in [5.41, 5.74) is 1.95. The van der Waals surface area contributed by atoms with Crippen molar-refractivity contribution in [1.82, 2.24) is 0 Å². The number of sulfonamides is 1. The Morgan fingerprint density at radius 3 is 2.47 bits per heavy atom. The smallest absolute Gasteiger partial charge is 0.264 e. The normalized spacial score (nSPS) is 13.3. The van der Waals surface area contributed by atoms with Crippen molar-refractivity contribution in [2.75, 3.05) is 27.6 Å². The van der Waals surface area contributed by atoms with Crippen LogP contribution >= 0.6 is 11.6 Å². The Labute approximate surface area is 191 Å². The molecule has 0 atom stereocenters. The highest BCUT2D eigenvalue weighted by atomic mass is 35.5. The fraction of sp³-hybridized carbons (Fsp3) is 0.130. The summed E-state index contributed by atoms with van der Waals surface area (Å²) in [6.45, 7) is 1.04. The number of anilines is 3. The lowest BCUT2D eigenvalue weighted by Crippen LogP contribution is -2.48. The molecule has 1 N–H and O–H groups in total. The van der Waals surface area contributed by atoms with E-state index in [1.807, 2.05) is 0 Å². The summed E-state index contributed by atoms with van der Waals surface area (Å²) < 4.78 is 28.1. The van der Waals surface area contributed by atoms with Gasteiger partial charge >= 0.3 is 0 Å². The molecule has 0 fully saturated rings. The molecule has 1 aliphatic heterocycles. The molecule has 0 aliphatic carbocycles. The van der Waals surface area contributed by atoms with Crippen LogP contribution in [0.15, 0.2) is 77.7 Å². The molecule has 0 radical (unpaired) electrons. The first-order valence-electron chi connectivity index (χ1n) is 9.80. The van der Waals surface area contributed by atoms with E-state index in [4.69, 9.17) is 11.6 Å². The summed E-state index contributed by atoms with van der Waals surface area (Å²) in [5, 5.41) is 3.18. The van der Waals surface area contributed by atoms with E-state index in [1.165, 1.54) is 17.0 Å². The van der Waals surface area contributed by atoms with Crippen LogP contribution in [0, 0.1) is 6.92 Å². The maximum atomic E-state index is 13.5. The first-order chi connectivity index (χ1) is 15.3. The summed E-state index contributed by atoms with van der Waals surface area (Å²) in [5.74, 6) is -0.877. The van der Waals surface area contributed by atoms with Crippen LogP contribution in [0.3, 0.4) is 0 Å². The molecule has 3 aromatic rings. The minimum absolute atomic E-state index is 0.0546. The van der Waals surface area contributed by atoms with Crippen molar-refractivity contribution >= 4 is 50.5 Å². The lowest BCUT2D eigenvalue weighted by molar-refractivity contribution is -0.121. The first kappa shape index (κ1) is 21.9. The Bertz CT molecular complexity index is 1300. The van der Waals surface area contributed by atoms with Crippen LogP contribution in [-0.2, 0) is 19.6 Å². The van der Waals surface area contributed by atoms with Gasteiger partial charge in [0, 0.05) is 5.02 Å². The minimum Gasteiger partial charge on any atom is -0.323 e. The number of para-hydroxylation sites is 2. The average molecular weight is 470 g/mol. The third-order valence-electron chi connectivity index (χ3n) is 5.11. The third kappa shape index (κ3) is 4.19. The molecule has 1 aliphatic rings. The van der Waals surface area contributed by atoms with Gasteiger partial charge in [-0.1, -0.05) is 41.9 Å². The van der Waals surface area contributed by atoms with E-state index in [0.29, 0.717) is 27.6 Å². The zero-order valence-electron chi connectivity index (χ0n) is 17.2. The van der Waals surface area contributed by atoms with Crippen LogP contribution in [0.25, 0.3) is 0 Å². The van der Waals surface area contributed by atoms with Gasteiger partial charge in [0.25, 0.3) is 10.0 Å². The van der Waals surface area contributed by atoms with E-state index in [-0.39, 0.29) is 17.3 Å². The number of benzene rings is 3. The lowest BCUT2D eigenvalue weighted by atomic mass is 10.2. The predicted octanol–water partition coefficient (Wildman–Crippen LogP) is 3.83. The van der Waals surface area contributed by atoms with Crippen LogP contribution in [0.4, 0.5) is 17.1 Å². The summed E-state index contributed by atoms with van der Waals surface area (Å²) in [6.07, 6.45) is 0. The van der Waals surface area contributed by atoms with Crippen molar-refractivity contribution in [2.24, 2.45) is 0 Å². The van der Waals surface area contributed by atoms with E-state index >= 15 is 0 Å². The van der Waals surface area contributed by atoms with Crippen molar-refractivity contribution < 1.29 is 18.0 Å². The molecule has 1 heterocycles. The Balaban J connectivity index is 1.76.